The number of benzene rings is 9. The van der Waals surface area contributed by atoms with E-state index in [9.17, 15) is 0 Å². The predicted octanol–water partition coefficient (Wildman–Crippen LogP) is 16.0. The van der Waals surface area contributed by atoms with Crippen molar-refractivity contribution in [2.24, 2.45) is 0 Å². The molecule has 0 aliphatic heterocycles. The summed E-state index contributed by atoms with van der Waals surface area (Å²) in [6.45, 7) is 0. The normalized spacial score (nSPS) is 11.5. The molecule has 0 aliphatic carbocycles. The third-order valence-corrected chi connectivity index (χ3v) is 13.2. The first-order valence-electron chi connectivity index (χ1n) is 23.0. The Morgan fingerprint density at radius 1 is 0.324 bits per heavy atom. The van der Waals surface area contributed by atoms with Gasteiger partial charge in [-0.1, -0.05) is 206 Å². The second-order valence-electron chi connectivity index (χ2n) is 17.2. The maximum Gasteiger partial charge on any atom is 0.160 e. The fourth-order valence-electron chi connectivity index (χ4n) is 10.00. The lowest BCUT2D eigenvalue weighted by molar-refractivity contribution is 0.979. The zero-order valence-corrected chi connectivity index (χ0v) is 36.9. The summed E-state index contributed by atoms with van der Waals surface area (Å²) in [5.41, 5.74) is 17.8. The van der Waals surface area contributed by atoms with Gasteiger partial charge in [0.2, 0.25) is 0 Å². The van der Waals surface area contributed by atoms with Crippen LogP contribution in [0.1, 0.15) is 0 Å². The molecule has 13 rings (SSSR count). The van der Waals surface area contributed by atoms with Gasteiger partial charge in [0, 0.05) is 55.2 Å². The molecular weight excluding hydrogens is 827 g/mol. The molecule has 0 atom stereocenters. The number of aromatic nitrogens is 5. The summed E-state index contributed by atoms with van der Waals surface area (Å²) in [4.78, 5) is 10.5. The SMILES string of the molecule is c1ccc(-c2nc(-c3ccc(-n4c5ccccc5c5ccccc54)cc3)cc(-c3cccc(-c4cccc5c4cc(-c4ccccc4)n4nc(-c6ccccc6)c(-c6ccccc6)c54)c3)n2)cc1. The van der Waals surface area contributed by atoms with Crippen molar-refractivity contribution >= 4 is 38.1 Å². The maximum atomic E-state index is 5.45. The highest BCUT2D eigenvalue weighted by atomic mass is 15.2. The highest BCUT2D eigenvalue weighted by molar-refractivity contribution is 6.13. The summed E-state index contributed by atoms with van der Waals surface area (Å²) >= 11 is 0. The minimum Gasteiger partial charge on any atom is -0.309 e. The molecule has 0 saturated carbocycles. The fraction of sp³-hybridized carbons (Fsp3) is 0. The topological polar surface area (TPSA) is 48.0 Å². The Labute approximate surface area is 393 Å². The van der Waals surface area contributed by atoms with Crippen LogP contribution in [0.15, 0.2) is 249 Å². The molecule has 0 N–H and O–H groups in total. The molecule has 0 spiro atoms. The minimum atomic E-state index is 0.679. The van der Waals surface area contributed by atoms with Gasteiger partial charge in [-0.25, -0.2) is 14.5 Å². The van der Waals surface area contributed by atoms with Crippen LogP contribution in [0.5, 0.6) is 0 Å². The van der Waals surface area contributed by atoms with Crippen molar-refractivity contribution in [2.45, 2.75) is 0 Å². The Balaban J connectivity index is 0.976. The van der Waals surface area contributed by atoms with Crippen LogP contribution >= 0.6 is 0 Å². The summed E-state index contributed by atoms with van der Waals surface area (Å²) < 4.78 is 4.51. The van der Waals surface area contributed by atoms with E-state index in [1.807, 2.05) is 18.2 Å². The van der Waals surface area contributed by atoms with E-state index in [-0.39, 0.29) is 0 Å². The lowest BCUT2D eigenvalue weighted by atomic mass is 9.92. The Morgan fingerprint density at radius 2 is 0.838 bits per heavy atom. The molecule has 68 heavy (non-hydrogen) atoms. The number of nitrogens with zero attached hydrogens (tertiary/aromatic N) is 5. The average Bonchev–Trinajstić information content (AvgIpc) is 3.99. The fourth-order valence-corrected chi connectivity index (χ4v) is 10.00. The molecule has 0 aliphatic rings. The Morgan fingerprint density at radius 3 is 1.50 bits per heavy atom. The van der Waals surface area contributed by atoms with Crippen molar-refractivity contribution < 1.29 is 0 Å². The quantitative estimate of drug-likeness (QED) is 0.153. The van der Waals surface area contributed by atoms with Crippen LogP contribution < -0.4 is 0 Å². The van der Waals surface area contributed by atoms with Gasteiger partial charge in [0.05, 0.1) is 33.6 Å². The van der Waals surface area contributed by atoms with E-state index in [0.29, 0.717) is 5.82 Å². The molecule has 5 nitrogen and oxygen atoms in total. The molecule has 0 amide bonds. The van der Waals surface area contributed by atoms with Gasteiger partial charge in [-0.3, -0.25) is 0 Å². The molecule has 318 valence electrons. The van der Waals surface area contributed by atoms with Gasteiger partial charge in [-0.15, -0.1) is 0 Å². The van der Waals surface area contributed by atoms with Crippen LogP contribution in [0, 0.1) is 0 Å². The zero-order valence-electron chi connectivity index (χ0n) is 36.9. The van der Waals surface area contributed by atoms with Crippen LogP contribution in [0.4, 0.5) is 0 Å². The molecule has 4 aromatic heterocycles. The largest absolute Gasteiger partial charge is 0.309 e. The first kappa shape index (κ1) is 39.2. The number of hydrogen-bond acceptors (Lipinski definition) is 3. The van der Waals surface area contributed by atoms with Crippen molar-refractivity contribution in [1.29, 1.82) is 0 Å². The summed E-state index contributed by atoms with van der Waals surface area (Å²) in [7, 11) is 0. The van der Waals surface area contributed by atoms with Gasteiger partial charge in [0.1, 0.15) is 5.69 Å². The Bertz CT molecular complexity index is 3930. The first-order chi connectivity index (χ1) is 33.7. The Kier molecular flexibility index (Phi) is 9.43. The molecule has 0 unspecified atom stereocenters. The van der Waals surface area contributed by atoms with Gasteiger partial charge in [0.25, 0.3) is 0 Å². The van der Waals surface area contributed by atoms with Crippen molar-refractivity contribution in [1.82, 2.24) is 24.1 Å². The van der Waals surface area contributed by atoms with Crippen LogP contribution in [0.3, 0.4) is 0 Å². The highest BCUT2D eigenvalue weighted by Gasteiger charge is 2.23. The third kappa shape index (κ3) is 6.68. The van der Waals surface area contributed by atoms with Crippen LogP contribution in [-0.4, -0.2) is 24.1 Å². The van der Waals surface area contributed by atoms with Gasteiger partial charge >= 0.3 is 0 Å². The summed E-state index contributed by atoms with van der Waals surface area (Å²) in [6.07, 6.45) is 0. The smallest absolute Gasteiger partial charge is 0.160 e. The number of rotatable bonds is 8. The minimum absolute atomic E-state index is 0.679. The lowest BCUT2D eigenvalue weighted by Gasteiger charge is -2.15. The second-order valence-corrected chi connectivity index (χ2v) is 17.2. The molecule has 13 aromatic rings. The van der Waals surface area contributed by atoms with Crippen molar-refractivity contribution in [3.8, 4) is 84.4 Å². The summed E-state index contributed by atoms with van der Waals surface area (Å²) in [5.74, 6) is 0.679. The zero-order chi connectivity index (χ0) is 45.0. The van der Waals surface area contributed by atoms with Crippen LogP contribution in [0.25, 0.3) is 122 Å². The molecule has 9 aromatic carbocycles. The molecular formula is C63H41N5. The van der Waals surface area contributed by atoms with E-state index in [0.717, 1.165) is 94.8 Å². The van der Waals surface area contributed by atoms with Crippen molar-refractivity contribution in [3.63, 3.8) is 0 Å². The van der Waals surface area contributed by atoms with E-state index in [1.54, 1.807) is 0 Å². The number of fused-ring (bicyclic) bond motifs is 6. The average molecular weight is 868 g/mol. The van der Waals surface area contributed by atoms with Crippen molar-refractivity contribution in [3.05, 3.63) is 249 Å². The number of para-hydroxylation sites is 2. The lowest BCUT2D eigenvalue weighted by Crippen LogP contribution is -1.97. The summed E-state index contributed by atoms with van der Waals surface area (Å²) in [5, 5.41) is 10.2. The van der Waals surface area contributed by atoms with E-state index in [4.69, 9.17) is 15.1 Å². The van der Waals surface area contributed by atoms with Crippen molar-refractivity contribution in [2.75, 3.05) is 0 Å². The van der Waals surface area contributed by atoms with E-state index >= 15 is 0 Å². The molecule has 4 heterocycles. The molecule has 5 heteroatoms. The van der Waals surface area contributed by atoms with Gasteiger partial charge in [-0.05, 0) is 64.5 Å². The number of hydrogen-bond donors (Lipinski definition) is 0. The molecule has 0 bridgehead atoms. The van der Waals surface area contributed by atoms with Gasteiger partial charge in [0.15, 0.2) is 5.82 Å². The van der Waals surface area contributed by atoms with Crippen LogP contribution in [-0.2, 0) is 0 Å². The monoisotopic (exact) mass is 867 g/mol. The number of pyridine rings is 1. The van der Waals surface area contributed by atoms with Crippen LogP contribution in [0.2, 0.25) is 0 Å². The summed E-state index contributed by atoms with van der Waals surface area (Å²) in [6, 6.07) is 88.0. The first-order valence-corrected chi connectivity index (χ1v) is 23.0. The van der Waals surface area contributed by atoms with E-state index in [1.165, 1.54) is 21.8 Å². The maximum absolute atomic E-state index is 5.45. The third-order valence-electron chi connectivity index (χ3n) is 13.2. The molecule has 0 saturated heterocycles. The predicted molar refractivity (Wildman–Crippen MR) is 281 cm³/mol. The Hall–Kier alpha value is -9.19. The second kappa shape index (κ2) is 16.4. The van der Waals surface area contributed by atoms with Gasteiger partial charge in [-0.2, -0.15) is 5.10 Å². The molecule has 0 radical (unpaired) electrons. The highest BCUT2D eigenvalue weighted by Crippen LogP contribution is 2.43. The molecule has 0 fully saturated rings. The van der Waals surface area contributed by atoms with Gasteiger partial charge < -0.3 is 4.57 Å². The van der Waals surface area contributed by atoms with E-state index in [2.05, 4.69) is 240 Å². The standard InChI is InChI=1S/C63H41N5/c1-5-19-43(20-6-1)59-40-54-50(31-18-32-53(54)62-60(44-21-7-2-8-22-44)61(66-68(59)62)45-23-9-3-10-24-45)47-27-17-28-48(39-47)56-41-55(64-63(65-56)46-25-11-4-12-26-46)42-35-37-49(38-36-42)67-57-33-15-13-29-51(57)52-30-14-16-34-58(52)67/h1-41H. The van der Waals surface area contributed by atoms with E-state index < -0.39 is 0 Å².